The topological polar surface area (TPSA) is 75.4 Å². The Hall–Kier alpha value is -1.10. The minimum atomic E-state index is -0.405. The smallest absolute Gasteiger partial charge is 0.230 e. The summed E-state index contributed by atoms with van der Waals surface area (Å²) in [6.07, 6.45) is 4.75. The molecule has 2 fully saturated rings. The number of amides is 2. The van der Waals surface area contributed by atoms with Gasteiger partial charge in [-0.05, 0) is 32.6 Å². The molecule has 0 radical (unpaired) electrons. The first kappa shape index (κ1) is 14.3. The Morgan fingerprint density at radius 2 is 2.05 bits per heavy atom. The fraction of sp³-hybridized carbons (Fsp3) is 0.857. The quantitative estimate of drug-likeness (QED) is 0.770. The van der Waals surface area contributed by atoms with Crippen molar-refractivity contribution in [1.82, 2.24) is 10.2 Å². The lowest BCUT2D eigenvalue weighted by Gasteiger charge is -2.39. The van der Waals surface area contributed by atoms with Crippen LogP contribution < -0.4 is 11.1 Å². The summed E-state index contributed by atoms with van der Waals surface area (Å²) in [5.41, 5.74) is 5.71. The van der Waals surface area contributed by atoms with Gasteiger partial charge in [0.25, 0.3) is 0 Å². The van der Waals surface area contributed by atoms with Crippen LogP contribution in [0, 0.1) is 5.41 Å². The maximum absolute atomic E-state index is 12.7. The average molecular weight is 267 g/mol. The van der Waals surface area contributed by atoms with Crippen molar-refractivity contribution in [3.63, 3.8) is 0 Å². The molecule has 5 heteroatoms. The molecule has 0 spiro atoms. The van der Waals surface area contributed by atoms with Crippen LogP contribution in [0.5, 0.6) is 0 Å². The van der Waals surface area contributed by atoms with Gasteiger partial charge in [0, 0.05) is 32.1 Å². The lowest BCUT2D eigenvalue weighted by Crippen LogP contribution is -2.55. The van der Waals surface area contributed by atoms with Gasteiger partial charge in [-0.3, -0.25) is 9.59 Å². The number of hydrogen-bond donors (Lipinski definition) is 2. The van der Waals surface area contributed by atoms with E-state index in [9.17, 15) is 9.59 Å². The number of piperidine rings is 1. The van der Waals surface area contributed by atoms with E-state index in [1.54, 1.807) is 0 Å². The Morgan fingerprint density at radius 3 is 2.63 bits per heavy atom. The third-order valence-electron chi connectivity index (χ3n) is 4.63. The summed E-state index contributed by atoms with van der Waals surface area (Å²) in [5.74, 6) is 0.149. The van der Waals surface area contributed by atoms with Crippen LogP contribution in [-0.2, 0) is 9.59 Å². The highest BCUT2D eigenvalue weighted by molar-refractivity contribution is 5.84. The van der Waals surface area contributed by atoms with Gasteiger partial charge in [0.15, 0.2) is 0 Å². The predicted molar refractivity (Wildman–Crippen MR) is 73.4 cm³/mol. The van der Waals surface area contributed by atoms with Gasteiger partial charge >= 0.3 is 0 Å². The number of nitrogens with two attached hydrogens (primary N) is 1. The number of carbonyl (C=O) groups is 2. The monoisotopic (exact) mass is 267 g/mol. The summed E-state index contributed by atoms with van der Waals surface area (Å²) in [4.78, 5) is 25.7. The first-order chi connectivity index (χ1) is 8.93. The molecular weight excluding hydrogens is 242 g/mol. The minimum Gasteiger partial charge on any atom is -0.352 e. The standard InChI is InChI=1S/C14H25N3O2/c1-10(18)16-11-5-4-8-17(9-11)13(19)14(2)7-3-6-12(14)15/h11-12H,3-9,15H2,1-2H3,(H,16,18). The SMILES string of the molecule is CC(=O)NC1CCCN(C(=O)C2(C)CCCC2N)C1. The second-order valence-corrected chi connectivity index (χ2v) is 6.21. The molecule has 108 valence electrons. The Morgan fingerprint density at radius 1 is 1.32 bits per heavy atom. The number of rotatable bonds is 2. The molecule has 1 saturated carbocycles. The van der Waals surface area contributed by atoms with E-state index in [1.165, 1.54) is 6.92 Å². The number of hydrogen-bond acceptors (Lipinski definition) is 3. The molecule has 2 amide bonds. The van der Waals surface area contributed by atoms with E-state index in [0.29, 0.717) is 6.54 Å². The van der Waals surface area contributed by atoms with E-state index in [-0.39, 0.29) is 23.9 Å². The maximum Gasteiger partial charge on any atom is 0.230 e. The normalized spacial score (nSPS) is 35.2. The van der Waals surface area contributed by atoms with Crippen LogP contribution in [0.3, 0.4) is 0 Å². The minimum absolute atomic E-state index is 0.0249. The molecule has 1 aliphatic carbocycles. The summed E-state index contributed by atoms with van der Waals surface area (Å²) in [6, 6.07) is 0.0672. The summed E-state index contributed by atoms with van der Waals surface area (Å²) >= 11 is 0. The highest BCUT2D eigenvalue weighted by Crippen LogP contribution is 2.38. The van der Waals surface area contributed by atoms with Crippen LogP contribution in [0.25, 0.3) is 0 Å². The highest BCUT2D eigenvalue weighted by Gasteiger charge is 2.45. The van der Waals surface area contributed by atoms with Crippen LogP contribution in [0.15, 0.2) is 0 Å². The van der Waals surface area contributed by atoms with Crippen molar-refractivity contribution in [1.29, 1.82) is 0 Å². The van der Waals surface area contributed by atoms with E-state index < -0.39 is 5.41 Å². The van der Waals surface area contributed by atoms with E-state index in [1.807, 2.05) is 11.8 Å². The van der Waals surface area contributed by atoms with Gasteiger partial charge in [-0.25, -0.2) is 0 Å². The largest absolute Gasteiger partial charge is 0.352 e. The number of nitrogens with zero attached hydrogens (tertiary/aromatic N) is 1. The molecule has 0 aromatic carbocycles. The molecule has 19 heavy (non-hydrogen) atoms. The van der Waals surface area contributed by atoms with Crippen LogP contribution in [0.1, 0.15) is 46.0 Å². The van der Waals surface area contributed by atoms with Crippen molar-refractivity contribution >= 4 is 11.8 Å². The van der Waals surface area contributed by atoms with E-state index >= 15 is 0 Å². The Kier molecular flexibility index (Phi) is 4.13. The van der Waals surface area contributed by atoms with Crippen molar-refractivity contribution in [2.45, 2.75) is 58.0 Å². The van der Waals surface area contributed by atoms with Crippen molar-refractivity contribution in [2.24, 2.45) is 11.1 Å². The summed E-state index contributed by atoms with van der Waals surface area (Å²) in [7, 11) is 0. The first-order valence-corrected chi connectivity index (χ1v) is 7.25. The second kappa shape index (κ2) is 5.49. The molecule has 1 saturated heterocycles. The van der Waals surface area contributed by atoms with Gasteiger partial charge < -0.3 is 16.0 Å². The molecular formula is C14H25N3O2. The molecule has 1 heterocycles. The van der Waals surface area contributed by atoms with E-state index in [4.69, 9.17) is 5.73 Å². The first-order valence-electron chi connectivity index (χ1n) is 7.25. The molecule has 3 atom stereocenters. The predicted octanol–water partition coefficient (Wildman–Crippen LogP) is 0.631. The molecule has 0 bridgehead atoms. The van der Waals surface area contributed by atoms with Crippen LogP contribution in [0.2, 0.25) is 0 Å². The Bertz CT molecular complexity index is 372. The van der Waals surface area contributed by atoms with Gasteiger partial charge in [0.1, 0.15) is 0 Å². The molecule has 5 nitrogen and oxygen atoms in total. The van der Waals surface area contributed by atoms with Gasteiger partial charge in [0.2, 0.25) is 11.8 Å². The number of carbonyl (C=O) groups excluding carboxylic acids is 2. The van der Waals surface area contributed by atoms with Crippen molar-refractivity contribution in [3.8, 4) is 0 Å². The van der Waals surface area contributed by atoms with Gasteiger partial charge in [-0.2, -0.15) is 0 Å². The third kappa shape index (κ3) is 2.91. The Labute approximate surface area is 114 Å². The number of nitrogens with one attached hydrogen (secondary N) is 1. The van der Waals surface area contributed by atoms with Gasteiger partial charge in [-0.15, -0.1) is 0 Å². The molecule has 0 aromatic heterocycles. The average Bonchev–Trinajstić information content (AvgIpc) is 2.69. The lowest BCUT2D eigenvalue weighted by atomic mass is 9.83. The molecule has 1 aliphatic heterocycles. The molecule has 2 aliphatic rings. The number of likely N-dealkylation sites (tertiary alicyclic amines) is 1. The van der Waals surface area contributed by atoms with Gasteiger partial charge in [-0.1, -0.05) is 6.42 Å². The van der Waals surface area contributed by atoms with Crippen molar-refractivity contribution in [3.05, 3.63) is 0 Å². The molecule has 0 aromatic rings. The van der Waals surface area contributed by atoms with Crippen molar-refractivity contribution < 1.29 is 9.59 Å². The molecule has 2 rings (SSSR count). The van der Waals surface area contributed by atoms with Crippen LogP contribution in [0.4, 0.5) is 0 Å². The summed E-state index contributed by atoms with van der Waals surface area (Å²) < 4.78 is 0. The fourth-order valence-corrected chi connectivity index (χ4v) is 3.39. The Balaban J connectivity index is 2.01. The zero-order valence-electron chi connectivity index (χ0n) is 11.9. The van der Waals surface area contributed by atoms with Crippen LogP contribution in [-0.4, -0.2) is 41.9 Å². The van der Waals surface area contributed by atoms with Gasteiger partial charge in [0.05, 0.1) is 5.41 Å². The second-order valence-electron chi connectivity index (χ2n) is 6.21. The third-order valence-corrected chi connectivity index (χ3v) is 4.63. The highest BCUT2D eigenvalue weighted by atomic mass is 16.2. The molecule has 3 N–H and O–H groups in total. The van der Waals surface area contributed by atoms with Crippen molar-refractivity contribution in [2.75, 3.05) is 13.1 Å². The zero-order valence-corrected chi connectivity index (χ0v) is 11.9. The lowest BCUT2D eigenvalue weighted by molar-refractivity contribution is -0.143. The van der Waals surface area contributed by atoms with Crippen LogP contribution >= 0.6 is 0 Å². The summed E-state index contributed by atoms with van der Waals surface area (Å²) in [6.45, 7) is 4.93. The van der Waals surface area contributed by atoms with E-state index in [0.717, 1.165) is 38.6 Å². The summed E-state index contributed by atoms with van der Waals surface area (Å²) in [5, 5.41) is 2.92. The fourth-order valence-electron chi connectivity index (χ4n) is 3.39. The molecule has 3 unspecified atom stereocenters. The van der Waals surface area contributed by atoms with E-state index in [2.05, 4.69) is 5.32 Å². The zero-order chi connectivity index (χ0) is 14.0. The maximum atomic E-state index is 12.7.